The normalized spacial score (nSPS) is 15.4. The summed E-state index contributed by atoms with van der Waals surface area (Å²) in [5.74, 6) is -2.64. The SMILES string of the molecule is CCOC(=O)c1ccc(N2CCC(NCC(O)COc3ccc(O)c(S(C)=O)c3)CC2)cc1.O=C(O)C(F)(F)F. The summed E-state index contributed by atoms with van der Waals surface area (Å²) in [6.07, 6.45) is -2.41. The highest BCUT2D eigenvalue weighted by molar-refractivity contribution is 7.84. The molecule has 40 heavy (non-hydrogen) atoms. The first-order valence-corrected chi connectivity index (χ1v) is 13.9. The van der Waals surface area contributed by atoms with Crippen molar-refractivity contribution in [3.63, 3.8) is 0 Å². The molecule has 4 N–H and O–H groups in total. The second-order valence-corrected chi connectivity index (χ2v) is 10.1. The Labute approximate surface area is 232 Å². The first-order chi connectivity index (χ1) is 18.8. The Balaban J connectivity index is 0.000000708. The van der Waals surface area contributed by atoms with Gasteiger partial charge in [-0.3, -0.25) is 4.21 Å². The number of piperidine rings is 1. The van der Waals surface area contributed by atoms with Gasteiger partial charge in [0.25, 0.3) is 0 Å². The fraction of sp³-hybridized carbons (Fsp3) is 0.462. The zero-order valence-electron chi connectivity index (χ0n) is 22.0. The van der Waals surface area contributed by atoms with Gasteiger partial charge in [-0.05, 0) is 62.2 Å². The number of carboxylic acid groups (broad SMARTS) is 1. The number of carboxylic acids is 1. The van der Waals surface area contributed by atoms with Gasteiger partial charge in [0.1, 0.15) is 24.2 Å². The zero-order valence-corrected chi connectivity index (χ0v) is 22.8. The van der Waals surface area contributed by atoms with E-state index < -0.39 is 29.0 Å². The molecule has 222 valence electrons. The Morgan fingerprint density at radius 3 is 2.27 bits per heavy atom. The number of aromatic hydroxyl groups is 1. The van der Waals surface area contributed by atoms with Crippen LogP contribution in [0.2, 0.25) is 0 Å². The van der Waals surface area contributed by atoms with Crippen LogP contribution in [0.1, 0.15) is 30.1 Å². The summed E-state index contributed by atoms with van der Waals surface area (Å²) in [4.78, 5) is 23.3. The highest BCUT2D eigenvalue weighted by Crippen LogP contribution is 2.26. The van der Waals surface area contributed by atoms with E-state index in [2.05, 4.69) is 10.2 Å². The van der Waals surface area contributed by atoms with Crippen LogP contribution in [0.15, 0.2) is 47.4 Å². The van der Waals surface area contributed by atoms with Gasteiger partial charge in [-0.25, -0.2) is 9.59 Å². The molecule has 1 aliphatic heterocycles. The van der Waals surface area contributed by atoms with E-state index in [1.54, 1.807) is 25.1 Å². The van der Waals surface area contributed by atoms with Crippen molar-refractivity contribution in [1.82, 2.24) is 5.32 Å². The van der Waals surface area contributed by atoms with Gasteiger partial charge in [-0.1, -0.05) is 0 Å². The predicted molar refractivity (Wildman–Crippen MR) is 141 cm³/mol. The number of hydrogen-bond acceptors (Lipinski definition) is 9. The quantitative estimate of drug-likeness (QED) is 0.305. The summed E-state index contributed by atoms with van der Waals surface area (Å²) in [6.45, 7) is 4.42. The maximum absolute atomic E-state index is 11.8. The Hall–Kier alpha value is -3.36. The average Bonchev–Trinajstić information content (AvgIpc) is 2.91. The fourth-order valence-electron chi connectivity index (χ4n) is 3.73. The maximum Gasteiger partial charge on any atom is 0.490 e. The standard InChI is InChI=1S/C24H32N2O6S.C2HF3O2/c1-3-31-24(29)17-4-6-19(7-5-17)26-12-10-18(11-13-26)25-15-20(27)16-32-21-8-9-22(28)23(14-21)33(2)30;3-2(4,5)1(6)7/h4-9,14,18,20,25,27-28H,3,10-13,15-16H2,1-2H3;(H,6,7). The lowest BCUT2D eigenvalue weighted by Crippen LogP contribution is -2.45. The molecule has 2 atom stereocenters. The predicted octanol–water partition coefficient (Wildman–Crippen LogP) is 2.94. The third kappa shape index (κ3) is 10.7. The molecule has 1 saturated heterocycles. The number of rotatable bonds is 10. The molecule has 2 unspecified atom stereocenters. The number of carbonyl (C=O) groups is 2. The summed E-state index contributed by atoms with van der Waals surface area (Å²) in [5.41, 5.74) is 1.64. The van der Waals surface area contributed by atoms with Crippen LogP contribution in [-0.2, 0) is 20.3 Å². The summed E-state index contributed by atoms with van der Waals surface area (Å²) in [7, 11) is -1.32. The van der Waals surface area contributed by atoms with Gasteiger partial charge < -0.3 is 35.0 Å². The van der Waals surface area contributed by atoms with E-state index in [1.165, 1.54) is 18.4 Å². The molecule has 0 radical (unpaired) electrons. The molecule has 10 nitrogen and oxygen atoms in total. The van der Waals surface area contributed by atoms with Crippen molar-refractivity contribution in [2.75, 3.05) is 44.0 Å². The summed E-state index contributed by atoms with van der Waals surface area (Å²) >= 11 is 0. The third-order valence-corrected chi connectivity index (χ3v) is 6.75. The molecule has 0 aliphatic carbocycles. The fourth-order valence-corrected chi connectivity index (χ4v) is 4.38. The van der Waals surface area contributed by atoms with Crippen LogP contribution in [0.3, 0.4) is 0 Å². The maximum atomic E-state index is 11.8. The largest absolute Gasteiger partial charge is 0.507 e. The van der Waals surface area contributed by atoms with Crippen molar-refractivity contribution in [3.8, 4) is 11.5 Å². The van der Waals surface area contributed by atoms with Gasteiger partial charge in [0.2, 0.25) is 0 Å². The summed E-state index contributed by atoms with van der Waals surface area (Å²) in [6, 6.07) is 12.3. The number of nitrogens with zero attached hydrogens (tertiary/aromatic N) is 1. The van der Waals surface area contributed by atoms with Crippen molar-refractivity contribution in [3.05, 3.63) is 48.0 Å². The Morgan fingerprint density at radius 2 is 1.75 bits per heavy atom. The van der Waals surface area contributed by atoms with E-state index in [0.717, 1.165) is 31.6 Å². The molecule has 14 heteroatoms. The van der Waals surface area contributed by atoms with Crippen LogP contribution in [0, 0.1) is 0 Å². The molecule has 3 rings (SSSR count). The second-order valence-electron chi connectivity index (χ2n) is 8.79. The monoisotopic (exact) mass is 590 g/mol. The molecule has 0 saturated carbocycles. The molecule has 0 aromatic heterocycles. The van der Waals surface area contributed by atoms with E-state index in [4.69, 9.17) is 19.4 Å². The zero-order chi connectivity index (χ0) is 29.9. The van der Waals surface area contributed by atoms with Crippen LogP contribution in [0.25, 0.3) is 0 Å². The van der Waals surface area contributed by atoms with Crippen molar-refractivity contribution in [2.45, 2.75) is 43.0 Å². The van der Waals surface area contributed by atoms with Gasteiger partial charge in [-0.15, -0.1) is 0 Å². The van der Waals surface area contributed by atoms with E-state index in [9.17, 15) is 32.4 Å². The van der Waals surface area contributed by atoms with Gasteiger partial charge in [0.05, 0.1) is 27.9 Å². The highest BCUT2D eigenvalue weighted by Gasteiger charge is 2.38. The number of hydrogen-bond donors (Lipinski definition) is 4. The Bertz CT molecular complexity index is 1140. The molecule has 1 aliphatic rings. The van der Waals surface area contributed by atoms with Crippen molar-refractivity contribution >= 4 is 28.4 Å². The van der Waals surface area contributed by atoms with Crippen LogP contribution < -0.4 is 15.0 Å². The van der Waals surface area contributed by atoms with Gasteiger partial charge in [0, 0.05) is 37.6 Å². The van der Waals surface area contributed by atoms with Crippen LogP contribution >= 0.6 is 0 Å². The molecule has 2 aromatic rings. The lowest BCUT2D eigenvalue weighted by atomic mass is 10.0. The third-order valence-electron chi connectivity index (χ3n) is 5.81. The lowest BCUT2D eigenvalue weighted by molar-refractivity contribution is -0.192. The van der Waals surface area contributed by atoms with E-state index >= 15 is 0 Å². The van der Waals surface area contributed by atoms with Crippen molar-refractivity contribution in [1.29, 1.82) is 0 Å². The topological polar surface area (TPSA) is 146 Å². The van der Waals surface area contributed by atoms with E-state index in [-0.39, 0.29) is 18.3 Å². The molecule has 1 fully saturated rings. The number of benzene rings is 2. The minimum atomic E-state index is -5.08. The average molecular weight is 591 g/mol. The van der Waals surface area contributed by atoms with E-state index in [1.807, 2.05) is 12.1 Å². The molecular weight excluding hydrogens is 557 g/mol. The first-order valence-electron chi connectivity index (χ1n) is 12.3. The molecular formula is C26H33F3N2O8S. The second kappa shape index (κ2) is 15.4. The van der Waals surface area contributed by atoms with Crippen LogP contribution in [-0.4, -0.2) is 88.9 Å². The number of alkyl halides is 3. The van der Waals surface area contributed by atoms with Gasteiger partial charge in [0.15, 0.2) is 0 Å². The number of anilines is 1. The molecule has 1 heterocycles. The number of aliphatic hydroxyl groups excluding tert-OH is 1. The van der Waals surface area contributed by atoms with E-state index in [0.29, 0.717) is 35.4 Å². The number of phenols is 1. The number of aliphatic carboxylic acids is 1. The van der Waals surface area contributed by atoms with Crippen LogP contribution in [0.4, 0.5) is 18.9 Å². The number of halogens is 3. The number of aliphatic hydroxyl groups is 1. The summed E-state index contributed by atoms with van der Waals surface area (Å²) in [5, 5.41) is 30.5. The van der Waals surface area contributed by atoms with Crippen LogP contribution in [0.5, 0.6) is 11.5 Å². The highest BCUT2D eigenvalue weighted by atomic mass is 32.2. The molecule has 0 bridgehead atoms. The smallest absolute Gasteiger partial charge is 0.490 e. The number of carbonyl (C=O) groups excluding carboxylic acids is 1. The lowest BCUT2D eigenvalue weighted by Gasteiger charge is -2.34. The number of phenolic OH excluding ortho intramolecular Hbond substituents is 1. The van der Waals surface area contributed by atoms with Crippen molar-refractivity contribution in [2.24, 2.45) is 0 Å². The molecule has 2 aromatic carbocycles. The number of nitrogens with one attached hydrogen (secondary N) is 1. The number of esters is 1. The minimum Gasteiger partial charge on any atom is -0.507 e. The molecule has 0 amide bonds. The first kappa shape index (κ1) is 32.8. The van der Waals surface area contributed by atoms with Crippen molar-refractivity contribution < 1.29 is 51.8 Å². The Kier molecular flexibility index (Phi) is 12.7. The van der Waals surface area contributed by atoms with Gasteiger partial charge >= 0.3 is 18.1 Å². The Morgan fingerprint density at radius 1 is 1.15 bits per heavy atom. The minimum absolute atomic E-state index is 0.0355. The molecule has 0 spiro atoms. The number of ether oxygens (including phenoxy) is 2. The summed E-state index contributed by atoms with van der Waals surface area (Å²) < 4.78 is 54.0. The van der Waals surface area contributed by atoms with Gasteiger partial charge in [-0.2, -0.15) is 13.2 Å².